The summed E-state index contributed by atoms with van der Waals surface area (Å²) in [7, 11) is -0.533. The van der Waals surface area contributed by atoms with Gasteiger partial charge < -0.3 is 14.0 Å². The molecule has 4 nitrogen and oxygen atoms in total. The Morgan fingerprint density at radius 1 is 0.650 bits per heavy atom. The number of hydrogen-bond acceptors (Lipinski definition) is 3. The zero-order valence-corrected chi connectivity index (χ0v) is 23.0. The van der Waals surface area contributed by atoms with Crippen LogP contribution in [0.3, 0.4) is 0 Å². The van der Waals surface area contributed by atoms with Crippen molar-refractivity contribution in [3.05, 3.63) is 139 Å². The summed E-state index contributed by atoms with van der Waals surface area (Å²) in [5.74, 6) is 2.51. The van der Waals surface area contributed by atoms with Gasteiger partial charge in [0.25, 0.3) is 0 Å². The van der Waals surface area contributed by atoms with Crippen LogP contribution in [0.5, 0.6) is 11.5 Å². The Labute approximate surface area is 235 Å². The number of nitrogens with zero attached hydrogens (tertiary/aromatic N) is 2. The van der Waals surface area contributed by atoms with Crippen LogP contribution in [0, 0.1) is 0 Å². The molecule has 7 rings (SSSR count). The second kappa shape index (κ2) is 11.0. The van der Waals surface area contributed by atoms with Crippen molar-refractivity contribution in [2.45, 2.75) is 19.1 Å². The molecule has 6 aromatic rings. The van der Waals surface area contributed by atoms with E-state index in [1.807, 2.05) is 12.1 Å². The third-order valence-electron chi connectivity index (χ3n) is 7.39. The number of ether oxygens (including phenoxy) is 2. The van der Waals surface area contributed by atoms with Crippen molar-refractivity contribution in [3.8, 4) is 22.9 Å². The molecule has 0 spiro atoms. The fourth-order valence-electron chi connectivity index (χ4n) is 5.37. The Balaban J connectivity index is 1.28. The van der Waals surface area contributed by atoms with Gasteiger partial charge in [0.05, 0.1) is 11.0 Å². The van der Waals surface area contributed by atoms with Crippen LogP contribution >= 0.6 is 7.92 Å². The molecule has 5 aromatic carbocycles. The largest absolute Gasteiger partial charge is 0.454 e. The molecule has 0 unspecified atom stereocenters. The number of imidazole rings is 1. The number of benzene rings is 5. The molecule has 0 saturated heterocycles. The average molecular weight is 541 g/mol. The molecule has 0 N–H and O–H groups in total. The number of rotatable bonds is 8. The zero-order valence-electron chi connectivity index (χ0n) is 22.1. The highest BCUT2D eigenvalue weighted by molar-refractivity contribution is 7.72. The van der Waals surface area contributed by atoms with Crippen molar-refractivity contribution >= 4 is 29.6 Å². The molecule has 5 heteroatoms. The molecule has 1 aliphatic heterocycles. The molecule has 2 heterocycles. The quantitative estimate of drug-likeness (QED) is 0.190. The van der Waals surface area contributed by atoms with Crippen molar-refractivity contribution in [2.24, 2.45) is 0 Å². The van der Waals surface area contributed by atoms with E-state index in [0.29, 0.717) is 0 Å². The maximum atomic E-state index is 5.69. The summed E-state index contributed by atoms with van der Waals surface area (Å²) in [6.07, 6.45) is 1.90. The summed E-state index contributed by atoms with van der Waals surface area (Å²) in [5.41, 5.74) is 5.82. The van der Waals surface area contributed by atoms with E-state index in [1.54, 1.807) is 0 Å². The third kappa shape index (κ3) is 4.99. The number of aryl methyl sites for hydroxylation is 2. The molecule has 0 amide bonds. The summed E-state index contributed by atoms with van der Waals surface area (Å²) in [6, 6.07) is 45.4. The predicted octanol–water partition coefficient (Wildman–Crippen LogP) is 7.31. The molecule has 1 aliphatic rings. The normalized spacial score (nSPS) is 12.3. The highest BCUT2D eigenvalue weighted by Crippen LogP contribution is 2.40. The van der Waals surface area contributed by atoms with E-state index in [2.05, 4.69) is 120 Å². The lowest BCUT2D eigenvalue weighted by molar-refractivity contribution is 0.174. The maximum Gasteiger partial charge on any atom is 0.231 e. The Hall–Kier alpha value is -4.40. The van der Waals surface area contributed by atoms with E-state index in [1.165, 1.54) is 21.7 Å². The van der Waals surface area contributed by atoms with Crippen molar-refractivity contribution in [1.82, 2.24) is 9.55 Å². The second-order valence-corrected chi connectivity index (χ2v) is 12.2. The molecule has 1 aromatic heterocycles. The smallest absolute Gasteiger partial charge is 0.231 e. The Morgan fingerprint density at radius 2 is 1.32 bits per heavy atom. The third-order valence-corrected chi connectivity index (χ3v) is 9.91. The van der Waals surface area contributed by atoms with Crippen LogP contribution in [0.15, 0.2) is 127 Å². The first-order valence-corrected chi connectivity index (χ1v) is 15.2. The minimum Gasteiger partial charge on any atom is -0.454 e. The summed E-state index contributed by atoms with van der Waals surface area (Å²) < 4.78 is 13.6. The fourth-order valence-corrected chi connectivity index (χ4v) is 7.66. The highest BCUT2D eigenvalue weighted by atomic mass is 31.1. The topological polar surface area (TPSA) is 36.3 Å². The van der Waals surface area contributed by atoms with E-state index in [4.69, 9.17) is 14.5 Å². The van der Waals surface area contributed by atoms with Gasteiger partial charge in [-0.15, -0.1) is 0 Å². The SMILES string of the molecule is c1ccc(CCn2c(-c3ccc4c(c3)OCO4)nc3cc(CP(c4ccccc4)c4ccccc4)ccc32)cc1. The van der Waals surface area contributed by atoms with Gasteiger partial charge in [-0.25, -0.2) is 4.98 Å². The molecule has 40 heavy (non-hydrogen) atoms. The summed E-state index contributed by atoms with van der Waals surface area (Å²) in [6.45, 7) is 1.10. The molecule has 0 aliphatic carbocycles. The van der Waals surface area contributed by atoms with Gasteiger partial charge in [0.2, 0.25) is 6.79 Å². The predicted molar refractivity (Wildman–Crippen MR) is 164 cm³/mol. The lowest BCUT2D eigenvalue weighted by Gasteiger charge is -2.19. The van der Waals surface area contributed by atoms with Crippen LogP contribution < -0.4 is 20.1 Å². The summed E-state index contributed by atoms with van der Waals surface area (Å²) in [5, 5.41) is 2.77. The van der Waals surface area contributed by atoms with Crippen molar-refractivity contribution < 1.29 is 9.47 Å². The Morgan fingerprint density at radius 3 is 2.05 bits per heavy atom. The van der Waals surface area contributed by atoms with E-state index in [9.17, 15) is 0 Å². The Bertz CT molecular complexity index is 1710. The number of aromatic nitrogens is 2. The van der Waals surface area contributed by atoms with Gasteiger partial charge in [-0.05, 0) is 66.4 Å². The molecule has 0 fully saturated rings. The van der Waals surface area contributed by atoms with E-state index in [0.717, 1.165) is 53.0 Å². The molecule has 196 valence electrons. The Kier molecular flexibility index (Phi) is 6.77. The van der Waals surface area contributed by atoms with Gasteiger partial charge in [0, 0.05) is 18.3 Å². The van der Waals surface area contributed by atoms with Crippen molar-refractivity contribution in [2.75, 3.05) is 6.79 Å². The summed E-state index contributed by atoms with van der Waals surface area (Å²) in [4.78, 5) is 5.21. The second-order valence-electron chi connectivity index (χ2n) is 9.97. The number of fused-ring (bicyclic) bond motifs is 2. The van der Waals surface area contributed by atoms with Gasteiger partial charge in [-0.1, -0.05) is 97.1 Å². The van der Waals surface area contributed by atoms with Crippen LogP contribution in [0.2, 0.25) is 0 Å². The molecule has 0 saturated carbocycles. The summed E-state index contributed by atoms with van der Waals surface area (Å²) >= 11 is 0. The van der Waals surface area contributed by atoms with Crippen LogP contribution in [0.25, 0.3) is 22.4 Å². The zero-order chi connectivity index (χ0) is 26.7. The lowest BCUT2D eigenvalue weighted by Crippen LogP contribution is -2.12. The van der Waals surface area contributed by atoms with Gasteiger partial charge in [0.1, 0.15) is 5.82 Å². The first-order chi connectivity index (χ1) is 19.8. The van der Waals surface area contributed by atoms with Crippen LogP contribution in [-0.4, -0.2) is 16.3 Å². The van der Waals surface area contributed by atoms with E-state index >= 15 is 0 Å². The molecule has 0 radical (unpaired) electrons. The maximum absolute atomic E-state index is 5.69. The molecular weight excluding hydrogens is 511 g/mol. The molecule has 0 bridgehead atoms. The van der Waals surface area contributed by atoms with Gasteiger partial charge in [-0.3, -0.25) is 0 Å². The van der Waals surface area contributed by atoms with Gasteiger partial charge >= 0.3 is 0 Å². The first-order valence-electron chi connectivity index (χ1n) is 13.6. The van der Waals surface area contributed by atoms with E-state index in [-0.39, 0.29) is 6.79 Å². The van der Waals surface area contributed by atoms with Crippen LogP contribution in [0.4, 0.5) is 0 Å². The van der Waals surface area contributed by atoms with Crippen molar-refractivity contribution in [1.29, 1.82) is 0 Å². The molecular formula is C35H29N2O2P. The van der Waals surface area contributed by atoms with E-state index < -0.39 is 7.92 Å². The van der Waals surface area contributed by atoms with Gasteiger partial charge in [-0.2, -0.15) is 0 Å². The van der Waals surface area contributed by atoms with Crippen LogP contribution in [0.1, 0.15) is 11.1 Å². The highest BCUT2D eigenvalue weighted by Gasteiger charge is 2.20. The minimum atomic E-state index is -0.533. The van der Waals surface area contributed by atoms with Crippen LogP contribution in [-0.2, 0) is 19.1 Å². The fraction of sp³-hybridized carbons (Fsp3) is 0.114. The minimum absolute atomic E-state index is 0.262. The molecule has 0 atom stereocenters. The monoisotopic (exact) mass is 540 g/mol. The standard InChI is InChI=1S/C35H29N2O2P/c1-4-10-26(11-5-1)20-21-37-32-18-16-27(24-40(29-12-6-2-7-13-29)30-14-8-3-9-15-30)22-31(32)36-35(37)28-17-19-33-34(23-28)39-25-38-33/h1-19,22-23H,20-21,24-25H2. The van der Waals surface area contributed by atoms with Crippen molar-refractivity contribution in [3.63, 3.8) is 0 Å². The van der Waals surface area contributed by atoms with Gasteiger partial charge in [0.15, 0.2) is 11.5 Å². The lowest BCUT2D eigenvalue weighted by atomic mass is 10.1. The first kappa shape index (κ1) is 24.6. The average Bonchev–Trinajstić information content (AvgIpc) is 3.64. The number of hydrogen-bond donors (Lipinski definition) is 0.